The van der Waals surface area contributed by atoms with Gasteiger partial charge >= 0.3 is 12.2 Å². The number of ether oxygens (including phenoxy) is 2. The van der Waals surface area contributed by atoms with Crippen LogP contribution in [-0.4, -0.2) is 47.7 Å². The largest absolute Gasteiger partial charge is 0.430 e. The van der Waals surface area contributed by atoms with Gasteiger partial charge in [-0.3, -0.25) is 0 Å². The second-order valence-electron chi connectivity index (χ2n) is 8.73. The minimum absolute atomic E-state index is 0.503. The predicted molar refractivity (Wildman–Crippen MR) is 140 cm³/mol. The second kappa shape index (κ2) is 15.8. The lowest BCUT2D eigenvalue weighted by atomic mass is 9.94. The molecule has 4 atom stereocenters. The Balaban J connectivity index is 2.39. The van der Waals surface area contributed by atoms with Crippen molar-refractivity contribution in [1.29, 1.82) is 0 Å². The van der Waals surface area contributed by atoms with Crippen LogP contribution >= 0.6 is 0 Å². The summed E-state index contributed by atoms with van der Waals surface area (Å²) in [4.78, 5) is 26.7. The lowest BCUT2D eigenvalue weighted by Gasteiger charge is -2.41. The van der Waals surface area contributed by atoms with Crippen LogP contribution in [0.2, 0.25) is 0 Å². The molecule has 0 aromatic heterocycles. The number of hydrogen-bond acceptors (Lipinski definition) is 6. The van der Waals surface area contributed by atoms with E-state index >= 15 is 0 Å². The number of amides is 2. The Morgan fingerprint density at radius 1 is 0.778 bits per heavy atom. The molecule has 0 saturated carbocycles. The number of alkyl carbamates (subject to hydrolysis) is 2. The molecule has 3 N–H and O–H groups in total. The van der Waals surface area contributed by atoms with Crippen LogP contribution in [0.3, 0.4) is 0 Å². The summed E-state index contributed by atoms with van der Waals surface area (Å²) in [6.07, 6.45) is -0.213. The summed E-state index contributed by atoms with van der Waals surface area (Å²) in [5, 5.41) is 17.1. The molecule has 0 aliphatic heterocycles. The van der Waals surface area contributed by atoms with Gasteiger partial charge in [-0.25, -0.2) is 14.5 Å². The fraction of sp³-hybridized carbons (Fsp3) is 0.500. The Hall–Kier alpha value is -3.10. The van der Waals surface area contributed by atoms with Crippen molar-refractivity contribution < 1.29 is 24.2 Å². The number of nitrogens with one attached hydrogen (secondary N) is 2. The first kappa shape index (κ1) is 29.1. The van der Waals surface area contributed by atoms with Crippen molar-refractivity contribution >= 4 is 12.2 Å². The predicted octanol–water partition coefficient (Wildman–Crippen LogP) is 5.51. The monoisotopic (exact) mass is 499 g/mol. The van der Waals surface area contributed by atoms with Gasteiger partial charge in [0.15, 0.2) is 12.5 Å². The molecule has 2 aromatic carbocycles. The molecule has 36 heavy (non-hydrogen) atoms. The number of aliphatic hydroxyl groups is 1. The van der Waals surface area contributed by atoms with Crippen molar-refractivity contribution in [2.75, 3.05) is 13.1 Å². The normalized spacial score (nSPS) is 14.4. The van der Waals surface area contributed by atoms with E-state index in [-0.39, 0.29) is 0 Å². The molecule has 2 amide bonds. The Kier molecular flexibility index (Phi) is 12.8. The first-order valence-electron chi connectivity index (χ1n) is 12.8. The van der Waals surface area contributed by atoms with Crippen molar-refractivity contribution in [1.82, 2.24) is 15.5 Å². The molecule has 198 valence electrons. The van der Waals surface area contributed by atoms with Gasteiger partial charge in [0.2, 0.25) is 0 Å². The van der Waals surface area contributed by atoms with Crippen LogP contribution < -0.4 is 10.6 Å². The van der Waals surface area contributed by atoms with Gasteiger partial charge < -0.3 is 25.2 Å². The maximum Gasteiger partial charge on any atom is 0.408 e. The van der Waals surface area contributed by atoms with Gasteiger partial charge in [-0.05, 0) is 37.8 Å². The zero-order valence-electron chi connectivity index (χ0n) is 21.9. The van der Waals surface area contributed by atoms with Crippen molar-refractivity contribution in [3.63, 3.8) is 0 Å². The third-order valence-corrected chi connectivity index (χ3v) is 5.90. The van der Waals surface area contributed by atoms with E-state index in [1.54, 1.807) is 18.7 Å². The number of carbonyl (C=O) groups excluding carboxylic acids is 2. The van der Waals surface area contributed by atoms with Crippen LogP contribution in [0.4, 0.5) is 9.59 Å². The summed E-state index contributed by atoms with van der Waals surface area (Å²) in [6.45, 7) is 8.50. The molecule has 2 rings (SSSR count). The molecule has 8 heteroatoms. The number of unbranched alkanes of at least 4 members (excludes halogenated alkanes) is 2. The van der Waals surface area contributed by atoms with Crippen LogP contribution in [0.15, 0.2) is 60.7 Å². The van der Waals surface area contributed by atoms with E-state index in [0.717, 1.165) is 31.2 Å². The number of benzene rings is 2. The highest BCUT2D eigenvalue weighted by Crippen LogP contribution is 2.37. The van der Waals surface area contributed by atoms with E-state index in [0.29, 0.717) is 18.7 Å². The maximum absolute atomic E-state index is 12.5. The molecule has 0 aliphatic rings. The Morgan fingerprint density at radius 3 is 1.61 bits per heavy atom. The van der Waals surface area contributed by atoms with E-state index in [1.165, 1.54) is 0 Å². The molecule has 4 unspecified atom stereocenters. The Labute approximate surface area is 215 Å². The standard InChI is InChI=1S/C28H41N3O5/c1-5-7-19-29-27(33)35-21(3)31(22(4)36-28(34)30-20-8-6-2)25(23-15-11-9-12-16-23)26(32)24-17-13-10-14-18-24/h9-18,21-22,25-26,32H,5-8,19-20H2,1-4H3,(H,29,33)(H,30,34). The van der Waals surface area contributed by atoms with Gasteiger partial charge in [-0.2, -0.15) is 0 Å². The van der Waals surface area contributed by atoms with E-state index in [2.05, 4.69) is 10.6 Å². The van der Waals surface area contributed by atoms with Crippen LogP contribution in [0, 0.1) is 0 Å². The minimum Gasteiger partial charge on any atom is -0.430 e. The van der Waals surface area contributed by atoms with Crippen LogP contribution in [0.25, 0.3) is 0 Å². The molecule has 2 aromatic rings. The van der Waals surface area contributed by atoms with Gasteiger partial charge in [0.1, 0.15) is 0 Å². The van der Waals surface area contributed by atoms with E-state index < -0.39 is 36.8 Å². The zero-order valence-corrected chi connectivity index (χ0v) is 21.9. The highest BCUT2D eigenvalue weighted by molar-refractivity contribution is 5.67. The molecule has 0 radical (unpaired) electrons. The zero-order chi connectivity index (χ0) is 26.3. The first-order valence-corrected chi connectivity index (χ1v) is 12.8. The van der Waals surface area contributed by atoms with Gasteiger partial charge in [-0.1, -0.05) is 87.4 Å². The molecular weight excluding hydrogens is 458 g/mol. The molecule has 0 spiro atoms. The fourth-order valence-electron chi connectivity index (χ4n) is 4.00. The van der Waals surface area contributed by atoms with E-state index in [4.69, 9.17) is 9.47 Å². The summed E-state index contributed by atoms with van der Waals surface area (Å²) < 4.78 is 11.4. The number of hydrogen-bond donors (Lipinski definition) is 3. The van der Waals surface area contributed by atoms with Crippen LogP contribution in [0.1, 0.15) is 76.7 Å². The number of rotatable bonds is 14. The quantitative estimate of drug-likeness (QED) is 0.234. The number of nitrogens with zero attached hydrogens (tertiary/aromatic N) is 1. The van der Waals surface area contributed by atoms with Crippen LogP contribution in [0.5, 0.6) is 0 Å². The summed E-state index contributed by atoms with van der Waals surface area (Å²) >= 11 is 0. The molecule has 0 fully saturated rings. The molecule has 0 heterocycles. The fourth-order valence-corrected chi connectivity index (χ4v) is 4.00. The van der Waals surface area contributed by atoms with Gasteiger partial charge in [0.25, 0.3) is 0 Å². The molecule has 8 nitrogen and oxygen atoms in total. The van der Waals surface area contributed by atoms with Crippen molar-refractivity contribution in [2.45, 2.75) is 78.0 Å². The summed E-state index contributed by atoms with van der Waals surface area (Å²) in [6, 6.07) is 18.0. The van der Waals surface area contributed by atoms with E-state index in [9.17, 15) is 14.7 Å². The summed E-state index contributed by atoms with van der Waals surface area (Å²) in [5.74, 6) is 0. The first-order chi connectivity index (χ1) is 17.4. The molecule has 0 aliphatic carbocycles. The van der Waals surface area contributed by atoms with Crippen molar-refractivity contribution in [3.05, 3.63) is 71.8 Å². The highest BCUT2D eigenvalue weighted by Gasteiger charge is 2.38. The van der Waals surface area contributed by atoms with Crippen molar-refractivity contribution in [2.24, 2.45) is 0 Å². The maximum atomic E-state index is 12.5. The van der Waals surface area contributed by atoms with Crippen molar-refractivity contribution in [3.8, 4) is 0 Å². The second-order valence-corrected chi connectivity index (χ2v) is 8.73. The van der Waals surface area contributed by atoms with Gasteiger partial charge in [0, 0.05) is 13.1 Å². The minimum atomic E-state index is -0.989. The highest BCUT2D eigenvalue weighted by atomic mass is 16.6. The average Bonchev–Trinajstić information content (AvgIpc) is 2.88. The molecule has 0 bridgehead atoms. The third kappa shape index (κ3) is 9.17. The SMILES string of the molecule is CCCCNC(=O)OC(C)N(C(C)OC(=O)NCCCC)C(c1ccccc1)C(O)c1ccccc1. The lowest BCUT2D eigenvalue weighted by molar-refractivity contribution is -0.138. The topological polar surface area (TPSA) is 100 Å². The average molecular weight is 500 g/mol. The third-order valence-electron chi connectivity index (χ3n) is 5.90. The summed E-state index contributed by atoms with van der Waals surface area (Å²) in [5.41, 5.74) is 1.48. The van der Waals surface area contributed by atoms with E-state index in [1.807, 2.05) is 74.5 Å². The lowest BCUT2D eigenvalue weighted by Crippen LogP contribution is -2.50. The molecule has 0 saturated heterocycles. The number of carbonyl (C=O) groups is 2. The summed E-state index contributed by atoms with van der Waals surface area (Å²) in [7, 11) is 0. The smallest absolute Gasteiger partial charge is 0.408 e. The number of aliphatic hydroxyl groups excluding tert-OH is 1. The van der Waals surface area contributed by atoms with Gasteiger partial charge in [0.05, 0.1) is 12.1 Å². The Bertz CT molecular complexity index is 867. The Morgan fingerprint density at radius 2 is 1.19 bits per heavy atom. The van der Waals surface area contributed by atoms with Crippen LogP contribution in [-0.2, 0) is 9.47 Å². The molecular formula is C28H41N3O5. The van der Waals surface area contributed by atoms with Gasteiger partial charge in [-0.15, -0.1) is 0 Å².